The van der Waals surface area contributed by atoms with Gasteiger partial charge in [0.05, 0.1) is 16.6 Å². The van der Waals surface area contributed by atoms with Gasteiger partial charge in [-0.3, -0.25) is 0 Å². The minimum Gasteiger partial charge on any atom is -0.508 e. The first-order valence-electron chi connectivity index (χ1n) is 5.27. The van der Waals surface area contributed by atoms with Crippen molar-refractivity contribution in [3.63, 3.8) is 0 Å². The number of hydrogen-bond donors (Lipinski definition) is 2. The fourth-order valence-electron chi connectivity index (χ4n) is 1.80. The molecule has 90 valence electrons. The number of aromatic hydroxyl groups is 1. The van der Waals surface area contributed by atoms with Gasteiger partial charge in [-0.15, -0.1) is 0 Å². The Hall–Kier alpha value is -2.07. The summed E-state index contributed by atoms with van der Waals surface area (Å²) < 4.78 is 13.7. The zero-order valence-electron chi connectivity index (χ0n) is 9.11. The molecule has 0 radical (unpaired) electrons. The van der Waals surface area contributed by atoms with E-state index in [-0.39, 0.29) is 5.75 Å². The molecular formula is C13H8ClFN2O. The lowest BCUT2D eigenvalue weighted by Gasteiger charge is -1.99. The van der Waals surface area contributed by atoms with Crippen molar-refractivity contribution in [2.24, 2.45) is 0 Å². The van der Waals surface area contributed by atoms with E-state index in [1.54, 1.807) is 6.07 Å². The number of aromatic amines is 1. The largest absolute Gasteiger partial charge is 0.508 e. The van der Waals surface area contributed by atoms with Gasteiger partial charge in [-0.05, 0) is 30.3 Å². The number of nitrogens with one attached hydrogen (secondary N) is 1. The van der Waals surface area contributed by atoms with Crippen molar-refractivity contribution < 1.29 is 9.50 Å². The van der Waals surface area contributed by atoms with Gasteiger partial charge in [-0.1, -0.05) is 11.6 Å². The van der Waals surface area contributed by atoms with E-state index in [9.17, 15) is 9.50 Å². The molecule has 1 heterocycles. The maximum absolute atomic E-state index is 13.7. The molecule has 0 amide bonds. The number of H-pyrrole nitrogens is 1. The van der Waals surface area contributed by atoms with Gasteiger partial charge in [0.2, 0.25) is 0 Å². The summed E-state index contributed by atoms with van der Waals surface area (Å²) in [6.45, 7) is 0. The summed E-state index contributed by atoms with van der Waals surface area (Å²) in [6, 6.07) is 9.01. The number of rotatable bonds is 1. The van der Waals surface area contributed by atoms with Gasteiger partial charge in [0.1, 0.15) is 17.4 Å². The van der Waals surface area contributed by atoms with Crippen LogP contribution in [0.1, 0.15) is 0 Å². The Kier molecular flexibility index (Phi) is 2.45. The van der Waals surface area contributed by atoms with Crippen LogP contribution in [0, 0.1) is 5.82 Å². The monoisotopic (exact) mass is 262 g/mol. The van der Waals surface area contributed by atoms with Crippen molar-refractivity contribution >= 4 is 22.6 Å². The SMILES string of the molecule is Oc1ccc2nc(-c3cc(Cl)ccc3F)[nH]c2c1. The van der Waals surface area contributed by atoms with Crippen molar-refractivity contribution in [2.45, 2.75) is 0 Å². The zero-order chi connectivity index (χ0) is 12.7. The van der Waals surface area contributed by atoms with Crippen LogP contribution in [0.15, 0.2) is 36.4 Å². The van der Waals surface area contributed by atoms with E-state index >= 15 is 0 Å². The third-order valence-electron chi connectivity index (χ3n) is 2.65. The predicted octanol–water partition coefficient (Wildman–Crippen LogP) is 3.73. The lowest BCUT2D eigenvalue weighted by Crippen LogP contribution is -1.86. The minimum absolute atomic E-state index is 0.129. The molecule has 3 nitrogen and oxygen atoms in total. The Morgan fingerprint density at radius 2 is 2.00 bits per heavy atom. The van der Waals surface area contributed by atoms with Crippen LogP contribution in [0.2, 0.25) is 5.02 Å². The van der Waals surface area contributed by atoms with E-state index in [1.165, 1.54) is 30.3 Å². The van der Waals surface area contributed by atoms with Crippen LogP contribution in [0.4, 0.5) is 4.39 Å². The predicted molar refractivity (Wildman–Crippen MR) is 68.2 cm³/mol. The molecule has 3 aromatic rings. The molecule has 0 aliphatic carbocycles. The first-order chi connectivity index (χ1) is 8.63. The van der Waals surface area contributed by atoms with Crippen LogP contribution in [0.25, 0.3) is 22.4 Å². The Bertz CT molecular complexity index is 739. The summed E-state index contributed by atoms with van der Waals surface area (Å²) in [6.07, 6.45) is 0. The number of nitrogens with zero attached hydrogens (tertiary/aromatic N) is 1. The molecule has 0 fully saturated rings. The number of halogens is 2. The Morgan fingerprint density at radius 1 is 1.17 bits per heavy atom. The van der Waals surface area contributed by atoms with E-state index < -0.39 is 5.82 Å². The summed E-state index contributed by atoms with van der Waals surface area (Å²) in [7, 11) is 0. The van der Waals surface area contributed by atoms with Gasteiger partial charge >= 0.3 is 0 Å². The van der Waals surface area contributed by atoms with Gasteiger partial charge in [-0.25, -0.2) is 9.37 Å². The molecule has 1 aromatic heterocycles. The average Bonchev–Trinajstić information content (AvgIpc) is 2.74. The van der Waals surface area contributed by atoms with Crippen molar-refractivity contribution in [3.8, 4) is 17.1 Å². The van der Waals surface area contributed by atoms with Gasteiger partial charge in [0.25, 0.3) is 0 Å². The molecule has 0 aliphatic rings. The summed E-state index contributed by atoms with van der Waals surface area (Å²) in [5.74, 6) is 0.113. The van der Waals surface area contributed by atoms with Crippen LogP contribution in [-0.4, -0.2) is 15.1 Å². The topological polar surface area (TPSA) is 48.9 Å². The van der Waals surface area contributed by atoms with Gasteiger partial charge in [-0.2, -0.15) is 0 Å². The second kappa shape index (κ2) is 3.99. The minimum atomic E-state index is -0.400. The van der Waals surface area contributed by atoms with E-state index in [0.29, 0.717) is 27.4 Å². The number of imidazole rings is 1. The van der Waals surface area contributed by atoms with E-state index in [2.05, 4.69) is 9.97 Å². The van der Waals surface area contributed by atoms with Gasteiger partial charge < -0.3 is 10.1 Å². The average molecular weight is 263 g/mol. The second-order valence-corrected chi connectivity index (χ2v) is 4.35. The fourth-order valence-corrected chi connectivity index (χ4v) is 1.98. The molecule has 0 atom stereocenters. The Morgan fingerprint density at radius 3 is 2.83 bits per heavy atom. The van der Waals surface area contributed by atoms with Crippen LogP contribution < -0.4 is 0 Å². The van der Waals surface area contributed by atoms with Crippen LogP contribution in [-0.2, 0) is 0 Å². The zero-order valence-corrected chi connectivity index (χ0v) is 9.87. The molecule has 2 N–H and O–H groups in total. The highest BCUT2D eigenvalue weighted by atomic mass is 35.5. The first kappa shape index (κ1) is 11.0. The summed E-state index contributed by atoms with van der Waals surface area (Å²) >= 11 is 5.84. The Labute approximate surface area is 107 Å². The number of benzene rings is 2. The number of phenols is 1. The molecule has 3 rings (SSSR count). The molecule has 5 heteroatoms. The maximum atomic E-state index is 13.7. The standard InChI is InChI=1S/C13H8ClFN2O/c14-7-1-3-10(15)9(5-7)13-16-11-4-2-8(18)6-12(11)17-13/h1-6,18H,(H,16,17). The van der Waals surface area contributed by atoms with Crippen LogP contribution in [0.3, 0.4) is 0 Å². The lowest BCUT2D eigenvalue weighted by molar-refractivity contribution is 0.476. The van der Waals surface area contributed by atoms with Gasteiger partial charge in [0, 0.05) is 11.1 Å². The van der Waals surface area contributed by atoms with Crippen molar-refractivity contribution in [2.75, 3.05) is 0 Å². The number of phenolic OH excluding ortho intramolecular Hbond substituents is 1. The normalized spacial score (nSPS) is 11.0. The third kappa shape index (κ3) is 1.80. The van der Waals surface area contributed by atoms with Crippen LogP contribution in [0.5, 0.6) is 5.75 Å². The number of hydrogen-bond acceptors (Lipinski definition) is 2. The molecule has 0 aliphatic heterocycles. The van der Waals surface area contributed by atoms with E-state index in [1.807, 2.05) is 0 Å². The van der Waals surface area contributed by atoms with Crippen molar-refractivity contribution in [1.82, 2.24) is 9.97 Å². The maximum Gasteiger partial charge on any atom is 0.141 e. The molecule has 0 unspecified atom stereocenters. The molecule has 0 bridgehead atoms. The molecule has 18 heavy (non-hydrogen) atoms. The number of aromatic nitrogens is 2. The van der Waals surface area contributed by atoms with Crippen molar-refractivity contribution in [3.05, 3.63) is 47.2 Å². The van der Waals surface area contributed by atoms with E-state index in [4.69, 9.17) is 11.6 Å². The summed E-state index contributed by atoms with van der Waals surface area (Å²) in [5.41, 5.74) is 1.60. The lowest BCUT2D eigenvalue weighted by atomic mass is 10.2. The molecule has 0 spiro atoms. The fraction of sp³-hybridized carbons (Fsp3) is 0. The molecule has 2 aromatic carbocycles. The number of fused-ring (bicyclic) bond motifs is 1. The Balaban J connectivity index is 2.22. The third-order valence-corrected chi connectivity index (χ3v) is 2.88. The summed E-state index contributed by atoms with van der Waals surface area (Å²) in [5, 5.41) is 9.81. The van der Waals surface area contributed by atoms with Gasteiger partial charge in [0.15, 0.2) is 0 Å². The first-order valence-corrected chi connectivity index (χ1v) is 5.65. The molecular weight excluding hydrogens is 255 g/mol. The van der Waals surface area contributed by atoms with E-state index in [0.717, 1.165) is 0 Å². The molecule has 0 saturated carbocycles. The van der Waals surface area contributed by atoms with Crippen LogP contribution >= 0.6 is 11.6 Å². The molecule has 0 saturated heterocycles. The quantitative estimate of drug-likeness (QED) is 0.702. The highest BCUT2D eigenvalue weighted by Gasteiger charge is 2.10. The van der Waals surface area contributed by atoms with Crippen molar-refractivity contribution in [1.29, 1.82) is 0 Å². The summed E-state index contributed by atoms with van der Waals surface area (Å²) in [4.78, 5) is 7.21. The highest BCUT2D eigenvalue weighted by Crippen LogP contribution is 2.27. The smallest absolute Gasteiger partial charge is 0.141 e. The highest BCUT2D eigenvalue weighted by molar-refractivity contribution is 6.30. The second-order valence-electron chi connectivity index (χ2n) is 3.91.